The molecule has 0 saturated carbocycles. The number of nitrogens with zero attached hydrogens (tertiary/aromatic N) is 4. The first kappa shape index (κ1) is 18.5. The summed E-state index contributed by atoms with van der Waals surface area (Å²) in [5, 5.41) is 18.0. The van der Waals surface area contributed by atoms with Crippen molar-refractivity contribution in [3.05, 3.63) is 48.4 Å². The van der Waals surface area contributed by atoms with Crippen LogP contribution in [-0.4, -0.2) is 21.7 Å². The molecule has 0 fully saturated rings. The quantitative estimate of drug-likeness (QED) is 0.487. The average Bonchev–Trinajstić information content (AvgIpc) is 3.24. The molecule has 28 heavy (non-hydrogen) atoms. The predicted molar refractivity (Wildman–Crippen MR) is 103 cm³/mol. The number of hydrogen-bond donors (Lipinski definition) is 0. The zero-order valence-electron chi connectivity index (χ0n) is 15.7. The lowest BCUT2D eigenvalue weighted by atomic mass is 10.0. The topological polar surface area (TPSA) is 86.2 Å². The molecule has 3 aromatic rings. The number of amides is 1. The third-order valence-corrected chi connectivity index (χ3v) is 5.56. The van der Waals surface area contributed by atoms with Gasteiger partial charge in [-0.15, -0.1) is 0 Å². The molecule has 0 radical (unpaired) electrons. The van der Waals surface area contributed by atoms with Crippen molar-refractivity contribution in [2.45, 2.75) is 38.0 Å². The maximum Gasteiger partial charge on any atom is 0.325 e. The predicted octanol–water partition coefficient (Wildman–Crippen LogP) is 2.90. The van der Waals surface area contributed by atoms with Gasteiger partial charge in [0.1, 0.15) is 0 Å². The van der Waals surface area contributed by atoms with Crippen LogP contribution in [0.5, 0.6) is 5.88 Å². The Morgan fingerprint density at radius 1 is 1.29 bits per heavy atom. The first-order valence-electron chi connectivity index (χ1n) is 9.24. The molecule has 0 N–H and O–H groups in total. The zero-order chi connectivity index (χ0) is 19.7. The van der Waals surface area contributed by atoms with E-state index in [1.807, 2.05) is 31.2 Å². The third kappa shape index (κ3) is 3.03. The summed E-state index contributed by atoms with van der Waals surface area (Å²) in [5.41, 5.74) is 1.66. The maximum absolute atomic E-state index is 13.0. The van der Waals surface area contributed by atoms with Crippen LogP contribution in [0.4, 0.5) is 5.69 Å². The van der Waals surface area contributed by atoms with E-state index in [1.54, 1.807) is 28.0 Å². The molecule has 8 heteroatoms. The van der Waals surface area contributed by atoms with Gasteiger partial charge < -0.3 is 9.52 Å². The second-order valence-electron chi connectivity index (χ2n) is 6.36. The largest absolute Gasteiger partial charge is 0.854 e. The summed E-state index contributed by atoms with van der Waals surface area (Å²) in [4.78, 5) is 18.8. The van der Waals surface area contributed by atoms with Crippen molar-refractivity contribution < 1.29 is 19.0 Å². The van der Waals surface area contributed by atoms with Gasteiger partial charge >= 0.3 is 6.17 Å². The number of fused-ring (bicyclic) bond motifs is 3. The van der Waals surface area contributed by atoms with Crippen molar-refractivity contribution >= 4 is 23.4 Å². The number of hydrogen-bond acceptors (Lipinski definition) is 6. The van der Waals surface area contributed by atoms with Gasteiger partial charge in [0.05, 0.1) is 23.4 Å². The zero-order valence-corrected chi connectivity index (χ0v) is 16.5. The summed E-state index contributed by atoms with van der Waals surface area (Å²) in [5.74, 6) is 0.896. The van der Waals surface area contributed by atoms with Crippen molar-refractivity contribution in [1.29, 1.82) is 0 Å². The first-order valence-corrected chi connectivity index (χ1v) is 10.2. The number of aromatic nitrogens is 3. The Morgan fingerprint density at radius 2 is 2.11 bits per heavy atom. The Balaban J connectivity index is 2.00. The van der Waals surface area contributed by atoms with Gasteiger partial charge in [-0.2, -0.15) is 0 Å². The molecule has 7 nitrogen and oxygen atoms in total. The van der Waals surface area contributed by atoms with E-state index in [4.69, 9.17) is 4.42 Å². The molecule has 0 bridgehead atoms. The van der Waals surface area contributed by atoms with Crippen molar-refractivity contribution in [2.75, 3.05) is 10.7 Å². The van der Waals surface area contributed by atoms with Crippen molar-refractivity contribution in [3.8, 4) is 17.1 Å². The minimum absolute atomic E-state index is 0.0826. The van der Waals surface area contributed by atoms with E-state index in [-0.39, 0.29) is 11.8 Å². The van der Waals surface area contributed by atoms with Crippen LogP contribution in [0.3, 0.4) is 0 Å². The average molecular weight is 396 g/mol. The molecule has 1 amide bonds. The minimum atomic E-state index is -0.677. The fourth-order valence-electron chi connectivity index (χ4n) is 3.32. The highest BCUT2D eigenvalue weighted by Crippen LogP contribution is 2.41. The summed E-state index contributed by atoms with van der Waals surface area (Å²) in [6.07, 6.45) is 2.13. The molecule has 0 spiro atoms. The fraction of sp³-hybridized carbons (Fsp3) is 0.300. The molecule has 4 rings (SSSR count). The minimum Gasteiger partial charge on any atom is -0.854 e. The Morgan fingerprint density at radius 3 is 2.82 bits per heavy atom. The molecule has 1 atom stereocenters. The summed E-state index contributed by atoms with van der Waals surface area (Å²) in [6, 6.07) is 10.9. The highest BCUT2D eigenvalue weighted by atomic mass is 32.2. The van der Waals surface area contributed by atoms with Crippen molar-refractivity contribution in [1.82, 2.24) is 10.1 Å². The summed E-state index contributed by atoms with van der Waals surface area (Å²) in [7, 11) is 0. The van der Waals surface area contributed by atoms with Crippen LogP contribution in [0.15, 0.2) is 52.2 Å². The van der Waals surface area contributed by atoms with Crippen LogP contribution in [0, 0.1) is 0 Å². The number of para-hydroxylation sites is 1. The standard InChI is InChI=1S/C20H20N4O3S/c1-3-12-28-20-21-18(26)17-13-8-5-6-9-14(13)23(16(25)4-2)19(24(17)22-20)15-10-7-11-27-15/h5-11,19H,3-4,12H2,1-2H3. The van der Waals surface area contributed by atoms with E-state index in [9.17, 15) is 9.90 Å². The van der Waals surface area contributed by atoms with Gasteiger partial charge in [-0.05, 0) is 35.4 Å². The molecular weight excluding hydrogens is 376 g/mol. The second kappa shape index (κ2) is 7.63. The van der Waals surface area contributed by atoms with E-state index in [1.165, 1.54) is 11.8 Å². The highest BCUT2D eigenvalue weighted by molar-refractivity contribution is 7.99. The number of rotatable bonds is 5. The monoisotopic (exact) mass is 396 g/mol. The van der Waals surface area contributed by atoms with Crippen LogP contribution in [-0.2, 0) is 4.79 Å². The second-order valence-corrected chi connectivity index (χ2v) is 7.43. The lowest BCUT2D eigenvalue weighted by Crippen LogP contribution is -2.59. The van der Waals surface area contributed by atoms with Crippen LogP contribution in [0.1, 0.15) is 38.6 Å². The Bertz CT molecular complexity index is 1010. The van der Waals surface area contributed by atoms with Gasteiger partial charge in [-0.1, -0.05) is 37.7 Å². The van der Waals surface area contributed by atoms with Gasteiger partial charge in [0.15, 0.2) is 5.76 Å². The number of carbonyl (C=O) groups excluding carboxylic acids is 1. The maximum atomic E-state index is 13.0. The lowest BCUT2D eigenvalue weighted by Gasteiger charge is -2.32. The van der Waals surface area contributed by atoms with Crippen molar-refractivity contribution in [3.63, 3.8) is 0 Å². The van der Waals surface area contributed by atoms with Crippen LogP contribution in [0.2, 0.25) is 0 Å². The molecule has 1 aromatic carbocycles. The van der Waals surface area contributed by atoms with Gasteiger partial charge in [-0.3, -0.25) is 4.79 Å². The van der Waals surface area contributed by atoms with E-state index in [0.29, 0.717) is 34.3 Å². The van der Waals surface area contributed by atoms with Crippen LogP contribution < -0.4 is 14.7 Å². The van der Waals surface area contributed by atoms with Gasteiger partial charge in [0, 0.05) is 17.3 Å². The molecule has 1 unspecified atom stereocenters. The van der Waals surface area contributed by atoms with Gasteiger partial charge in [0.2, 0.25) is 5.91 Å². The molecule has 0 aliphatic carbocycles. The normalized spacial score (nSPS) is 15.2. The highest BCUT2D eigenvalue weighted by Gasteiger charge is 2.45. The number of carbonyl (C=O) groups is 1. The van der Waals surface area contributed by atoms with Gasteiger partial charge in [0.25, 0.3) is 10.9 Å². The number of thioether (sulfide) groups is 1. The molecule has 3 heterocycles. The molecule has 144 valence electrons. The third-order valence-electron chi connectivity index (χ3n) is 4.52. The van der Waals surface area contributed by atoms with E-state index < -0.39 is 6.17 Å². The van der Waals surface area contributed by atoms with Crippen molar-refractivity contribution in [2.24, 2.45) is 0 Å². The fourth-order valence-corrected chi connectivity index (χ4v) is 4.00. The first-order chi connectivity index (χ1) is 13.7. The SMILES string of the molecule is CCCSc1nc([O-])c2[n+](n1)C(c1ccco1)N(C(=O)CC)c1ccccc1-2. The summed E-state index contributed by atoms with van der Waals surface area (Å²) >= 11 is 1.43. The molecular formula is C20H20N4O3S. The number of anilines is 1. The molecule has 1 aliphatic heterocycles. The molecule has 1 aliphatic rings. The molecule has 0 saturated heterocycles. The Hall–Kier alpha value is -2.87. The van der Waals surface area contributed by atoms with E-state index in [2.05, 4.69) is 17.0 Å². The summed E-state index contributed by atoms with van der Waals surface area (Å²) < 4.78 is 7.23. The Kier molecular flexibility index (Phi) is 5.04. The number of furan rings is 1. The van der Waals surface area contributed by atoms with E-state index in [0.717, 1.165) is 12.2 Å². The van der Waals surface area contributed by atoms with E-state index >= 15 is 0 Å². The van der Waals surface area contributed by atoms with Gasteiger partial charge in [-0.25, -0.2) is 9.88 Å². The Labute approximate surface area is 167 Å². The molecule has 2 aromatic heterocycles. The van der Waals surface area contributed by atoms with Crippen LogP contribution in [0.25, 0.3) is 11.3 Å². The number of benzene rings is 1. The summed E-state index contributed by atoms with van der Waals surface area (Å²) in [6.45, 7) is 3.87. The smallest absolute Gasteiger partial charge is 0.325 e. The lowest BCUT2D eigenvalue weighted by molar-refractivity contribution is -0.765. The van der Waals surface area contributed by atoms with Crippen LogP contribution >= 0.6 is 11.8 Å².